The molecule has 0 saturated carbocycles. The number of hydrogen-bond acceptors (Lipinski definition) is 4. The zero-order valence-electron chi connectivity index (χ0n) is 12.6. The summed E-state index contributed by atoms with van der Waals surface area (Å²) in [6, 6.07) is 10.2. The molecule has 0 fully saturated rings. The van der Waals surface area contributed by atoms with Crippen molar-refractivity contribution in [2.24, 2.45) is 7.05 Å². The van der Waals surface area contributed by atoms with Crippen LogP contribution in [0, 0.1) is 0 Å². The zero-order chi connectivity index (χ0) is 16.3. The molecule has 0 radical (unpaired) electrons. The van der Waals surface area contributed by atoms with E-state index >= 15 is 0 Å². The van der Waals surface area contributed by atoms with Gasteiger partial charge >= 0.3 is 5.97 Å². The number of benzene rings is 1. The fourth-order valence-electron chi connectivity index (χ4n) is 2.10. The van der Waals surface area contributed by atoms with Crippen LogP contribution in [0.5, 0.6) is 0 Å². The smallest absolute Gasteiger partial charge is 0.354 e. The Balaban J connectivity index is 2.26. The Morgan fingerprint density at radius 3 is 2.50 bits per heavy atom. The summed E-state index contributed by atoms with van der Waals surface area (Å²) in [7, 11) is -0.891. The van der Waals surface area contributed by atoms with E-state index in [-0.39, 0.29) is 16.6 Å². The highest BCUT2D eigenvalue weighted by Gasteiger charge is 2.23. The second kappa shape index (κ2) is 6.33. The first-order valence-corrected chi connectivity index (χ1v) is 8.15. The fourth-order valence-corrected chi connectivity index (χ4v) is 3.40. The van der Waals surface area contributed by atoms with Gasteiger partial charge in [0.1, 0.15) is 10.6 Å². The van der Waals surface area contributed by atoms with Crippen LogP contribution in [0.2, 0.25) is 0 Å². The van der Waals surface area contributed by atoms with E-state index in [9.17, 15) is 13.2 Å². The van der Waals surface area contributed by atoms with E-state index in [2.05, 4.69) is 9.46 Å². The number of hydrogen-bond donors (Lipinski definition) is 1. The Labute approximate surface area is 129 Å². The molecule has 0 unspecified atom stereocenters. The van der Waals surface area contributed by atoms with Gasteiger partial charge in [0.15, 0.2) is 0 Å². The first kappa shape index (κ1) is 16.3. The van der Waals surface area contributed by atoms with Crippen LogP contribution in [-0.4, -0.2) is 26.1 Å². The van der Waals surface area contributed by atoms with E-state index in [1.165, 1.54) is 23.9 Å². The van der Waals surface area contributed by atoms with Gasteiger partial charge < -0.3 is 9.30 Å². The molecular formula is C15H18N2O4S. The number of aryl methyl sites for hydroxylation is 1. The molecule has 2 rings (SSSR count). The zero-order valence-corrected chi connectivity index (χ0v) is 13.4. The van der Waals surface area contributed by atoms with Crippen LogP contribution in [-0.2, 0) is 21.8 Å². The van der Waals surface area contributed by atoms with Crippen molar-refractivity contribution in [2.45, 2.75) is 17.9 Å². The maximum Gasteiger partial charge on any atom is 0.354 e. The first-order chi connectivity index (χ1) is 10.3. The van der Waals surface area contributed by atoms with Gasteiger partial charge in [-0.25, -0.2) is 17.9 Å². The average Bonchev–Trinajstić information content (AvgIpc) is 2.90. The molecule has 0 aliphatic carbocycles. The molecule has 1 atom stereocenters. The van der Waals surface area contributed by atoms with Crippen molar-refractivity contribution in [3.63, 3.8) is 0 Å². The van der Waals surface area contributed by atoms with Crippen molar-refractivity contribution in [1.29, 1.82) is 0 Å². The van der Waals surface area contributed by atoms with Gasteiger partial charge in [0.05, 0.1) is 7.11 Å². The third-order valence-electron chi connectivity index (χ3n) is 3.32. The highest BCUT2D eigenvalue weighted by Crippen LogP contribution is 2.18. The highest BCUT2D eigenvalue weighted by molar-refractivity contribution is 7.89. The molecule has 0 bridgehead atoms. The number of sulfonamides is 1. The van der Waals surface area contributed by atoms with Crippen LogP contribution >= 0.6 is 0 Å². The molecule has 22 heavy (non-hydrogen) atoms. The van der Waals surface area contributed by atoms with Crippen molar-refractivity contribution in [1.82, 2.24) is 9.29 Å². The van der Waals surface area contributed by atoms with Gasteiger partial charge in [-0.1, -0.05) is 30.3 Å². The number of aromatic nitrogens is 1. The minimum absolute atomic E-state index is 0.0261. The number of nitrogens with one attached hydrogen (secondary N) is 1. The summed E-state index contributed by atoms with van der Waals surface area (Å²) in [5.41, 5.74) is 1.03. The monoisotopic (exact) mass is 322 g/mol. The van der Waals surface area contributed by atoms with Gasteiger partial charge in [-0.3, -0.25) is 0 Å². The summed E-state index contributed by atoms with van der Waals surface area (Å²) >= 11 is 0. The van der Waals surface area contributed by atoms with Crippen LogP contribution < -0.4 is 4.72 Å². The van der Waals surface area contributed by atoms with Crippen molar-refractivity contribution >= 4 is 16.0 Å². The van der Waals surface area contributed by atoms with Crippen molar-refractivity contribution in [3.8, 4) is 0 Å². The number of methoxy groups -OCH3 is 1. The molecular weight excluding hydrogens is 304 g/mol. The Morgan fingerprint density at radius 2 is 1.91 bits per heavy atom. The molecule has 118 valence electrons. The number of carbonyl (C=O) groups excluding carboxylic acids is 1. The van der Waals surface area contributed by atoms with E-state index in [0.29, 0.717) is 0 Å². The summed E-state index contributed by atoms with van der Waals surface area (Å²) in [4.78, 5) is 11.6. The largest absolute Gasteiger partial charge is 0.464 e. The third kappa shape index (κ3) is 3.37. The van der Waals surface area contributed by atoms with Gasteiger partial charge in [0, 0.05) is 19.3 Å². The van der Waals surface area contributed by atoms with E-state index in [1.54, 1.807) is 14.0 Å². The lowest BCUT2D eigenvalue weighted by molar-refractivity contribution is 0.0590. The standard InChI is InChI=1S/C15H18N2O4S/c1-11(12-7-5-4-6-8-12)16-22(19,20)13-9-14(15(18)21-3)17(2)10-13/h4-11,16H,1-3H3/t11-/m1/s1. The molecule has 0 saturated heterocycles. The number of rotatable bonds is 5. The second-order valence-electron chi connectivity index (χ2n) is 4.92. The lowest BCUT2D eigenvalue weighted by Gasteiger charge is -2.13. The maximum atomic E-state index is 12.4. The number of carbonyl (C=O) groups is 1. The summed E-state index contributed by atoms with van der Waals surface area (Å²) in [5, 5.41) is 0. The summed E-state index contributed by atoms with van der Waals surface area (Å²) in [6.45, 7) is 1.76. The predicted octanol–water partition coefficient (Wildman–Crippen LogP) is 1.85. The predicted molar refractivity (Wildman–Crippen MR) is 81.9 cm³/mol. The Kier molecular flexibility index (Phi) is 4.68. The minimum Gasteiger partial charge on any atom is -0.464 e. The topological polar surface area (TPSA) is 77.4 Å². The van der Waals surface area contributed by atoms with Crippen LogP contribution in [0.3, 0.4) is 0 Å². The number of esters is 1. The van der Waals surface area contributed by atoms with Crippen LogP contribution in [0.4, 0.5) is 0 Å². The van der Waals surface area contributed by atoms with Gasteiger partial charge in [0.2, 0.25) is 10.0 Å². The number of ether oxygens (including phenoxy) is 1. The number of nitrogens with zero attached hydrogens (tertiary/aromatic N) is 1. The van der Waals surface area contributed by atoms with Crippen molar-refractivity contribution in [2.75, 3.05) is 7.11 Å². The highest BCUT2D eigenvalue weighted by atomic mass is 32.2. The summed E-state index contributed by atoms with van der Waals surface area (Å²) < 4.78 is 33.5. The Morgan fingerprint density at radius 1 is 1.27 bits per heavy atom. The van der Waals surface area contributed by atoms with E-state index < -0.39 is 16.0 Å². The molecule has 0 aliphatic rings. The molecule has 1 aromatic heterocycles. The summed E-state index contributed by atoms with van der Waals surface area (Å²) in [5.74, 6) is -0.583. The van der Waals surface area contributed by atoms with Crippen molar-refractivity contribution in [3.05, 3.63) is 53.9 Å². The van der Waals surface area contributed by atoms with Gasteiger partial charge in [0.25, 0.3) is 0 Å². The molecule has 7 heteroatoms. The first-order valence-electron chi connectivity index (χ1n) is 6.67. The maximum absolute atomic E-state index is 12.4. The SMILES string of the molecule is COC(=O)c1cc(S(=O)(=O)N[C@H](C)c2ccccc2)cn1C. The lowest BCUT2D eigenvalue weighted by atomic mass is 10.1. The van der Waals surface area contributed by atoms with Crippen molar-refractivity contribution < 1.29 is 17.9 Å². The molecule has 0 aliphatic heterocycles. The van der Waals surface area contributed by atoms with Crippen LogP contribution in [0.1, 0.15) is 29.0 Å². The quantitative estimate of drug-likeness (QED) is 0.852. The molecule has 0 spiro atoms. The van der Waals surface area contributed by atoms with Gasteiger partial charge in [-0.05, 0) is 18.6 Å². The molecule has 0 amide bonds. The normalized spacial score (nSPS) is 12.9. The Bertz CT molecular complexity index is 766. The molecule has 2 aromatic rings. The summed E-state index contributed by atoms with van der Waals surface area (Å²) in [6.07, 6.45) is 1.38. The lowest BCUT2D eigenvalue weighted by Crippen LogP contribution is -2.26. The molecule has 6 nitrogen and oxygen atoms in total. The van der Waals surface area contributed by atoms with E-state index in [0.717, 1.165) is 5.56 Å². The van der Waals surface area contributed by atoms with Gasteiger partial charge in [-0.15, -0.1) is 0 Å². The van der Waals surface area contributed by atoms with E-state index in [4.69, 9.17) is 0 Å². The molecule has 1 N–H and O–H groups in total. The Hall–Kier alpha value is -2.12. The van der Waals surface area contributed by atoms with Gasteiger partial charge in [-0.2, -0.15) is 0 Å². The second-order valence-corrected chi connectivity index (χ2v) is 6.63. The molecule has 1 aromatic carbocycles. The minimum atomic E-state index is -3.73. The van der Waals surface area contributed by atoms with E-state index in [1.807, 2.05) is 30.3 Å². The third-order valence-corrected chi connectivity index (χ3v) is 4.82. The fraction of sp³-hybridized carbons (Fsp3) is 0.267. The van der Waals surface area contributed by atoms with Crippen LogP contribution in [0.15, 0.2) is 47.5 Å². The average molecular weight is 322 g/mol. The van der Waals surface area contributed by atoms with Crippen LogP contribution in [0.25, 0.3) is 0 Å². The molecule has 1 heterocycles.